The van der Waals surface area contributed by atoms with E-state index in [1.807, 2.05) is 6.92 Å². The molecule has 0 saturated carbocycles. The third-order valence-electron chi connectivity index (χ3n) is 5.00. The van der Waals surface area contributed by atoms with E-state index in [1.165, 1.54) is 25.2 Å². The van der Waals surface area contributed by atoms with Crippen molar-refractivity contribution in [3.63, 3.8) is 0 Å². The van der Waals surface area contributed by atoms with E-state index in [2.05, 4.69) is 21.3 Å². The molecule has 1 fully saturated rings. The van der Waals surface area contributed by atoms with Crippen molar-refractivity contribution in [2.45, 2.75) is 45.7 Å². The van der Waals surface area contributed by atoms with Crippen molar-refractivity contribution < 1.29 is 24.0 Å². The number of anilines is 1. The zero-order valence-corrected chi connectivity index (χ0v) is 18.6. The summed E-state index contributed by atoms with van der Waals surface area (Å²) >= 11 is 6.03. The van der Waals surface area contributed by atoms with Crippen LogP contribution in [0, 0.1) is 11.8 Å². The summed E-state index contributed by atoms with van der Waals surface area (Å²) in [6.07, 6.45) is 0.460. The summed E-state index contributed by atoms with van der Waals surface area (Å²) in [7, 11) is 1.31. The third-order valence-corrected chi connectivity index (χ3v) is 5.23. The second-order valence-electron chi connectivity index (χ2n) is 7.88. The zero-order chi connectivity index (χ0) is 23.3. The van der Waals surface area contributed by atoms with Crippen LogP contribution in [0.15, 0.2) is 18.2 Å². The number of halogens is 1. The second kappa shape index (κ2) is 10.4. The molecule has 4 amide bonds. The molecule has 0 aliphatic carbocycles. The first-order chi connectivity index (χ1) is 14.5. The highest BCUT2D eigenvalue weighted by atomic mass is 35.5. The number of hydrogen-bond acceptors (Lipinski definition) is 5. The van der Waals surface area contributed by atoms with Gasteiger partial charge in [-0.15, -0.1) is 0 Å². The molecule has 1 aliphatic heterocycles. The van der Waals surface area contributed by atoms with E-state index < -0.39 is 29.6 Å². The van der Waals surface area contributed by atoms with E-state index in [9.17, 15) is 24.0 Å². The monoisotopic (exact) mass is 450 g/mol. The summed E-state index contributed by atoms with van der Waals surface area (Å²) in [5.41, 5.74) is 0.263. The molecule has 0 unspecified atom stereocenters. The first kappa shape index (κ1) is 24.3. The Bertz CT molecular complexity index is 902. The minimum absolute atomic E-state index is 0.0254. The molecule has 0 spiro atoms. The lowest BCUT2D eigenvalue weighted by Crippen LogP contribution is -2.48. The summed E-state index contributed by atoms with van der Waals surface area (Å²) in [5, 5.41) is 10.5. The Labute approximate surface area is 185 Å². The van der Waals surface area contributed by atoms with Gasteiger partial charge in [-0.25, -0.2) is 0 Å². The lowest BCUT2D eigenvalue weighted by molar-refractivity contribution is -0.139. The highest BCUT2D eigenvalue weighted by Crippen LogP contribution is 2.24. The van der Waals surface area contributed by atoms with Crippen LogP contribution < -0.4 is 21.3 Å². The van der Waals surface area contributed by atoms with Crippen LogP contribution >= 0.6 is 11.6 Å². The summed E-state index contributed by atoms with van der Waals surface area (Å²) in [6.45, 7) is 5.25. The Hall–Kier alpha value is -2.94. The van der Waals surface area contributed by atoms with Gasteiger partial charge >= 0.3 is 0 Å². The van der Waals surface area contributed by atoms with Crippen molar-refractivity contribution in [1.82, 2.24) is 16.0 Å². The van der Waals surface area contributed by atoms with Crippen molar-refractivity contribution in [2.75, 3.05) is 12.4 Å². The van der Waals surface area contributed by atoms with Gasteiger partial charge in [0.1, 0.15) is 0 Å². The van der Waals surface area contributed by atoms with Gasteiger partial charge in [-0.05, 0) is 38.0 Å². The number of rotatable bonds is 8. The first-order valence-electron chi connectivity index (χ1n) is 10.0. The Kier molecular flexibility index (Phi) is 8.15. The van der Waals surface area contributed by atoms with Crippen LogP contribution in [0.2, 0.25) is 5.02 Å². The molecule has 1 aliphatic rings. The predicted octanol–water partition coefficient (Wildman–Crippen LogP) is 1.26. The average molecular weight is 451 g/mol. The number of amides is 4. The van der Waals surface area contributed by atoms with E-state index in [4.69, 9.17) is 11.6 Å². The highest BCUT2D eigenvalue weighted by Gasteiger charge is 2.36. The molecule has 1 saturated heterocycles. The molecular weight excluding hydrogens is 424 g/mol. The van der Waals surface area contributed by atoms with Gasteiger partial charge in [-0.1, -0.05) is 25.4 Å². The van der Waals surface area contributed by atoms with Crippen molar-refractivity contribution in [3.05, 3.63) is 28.8 Å². The Morgan fingerprint density at radius 3 is 2.45 bits per heavy atom. The maximum Gasteiger partial charge on any atom is 0.289 e. The van der Waals surface area contributed by atoms with Crippen molar-refractivity contribution in [2.24, 2.45) is 11.8 Å². The van der Waals surface area contributed by atoms with Crippen LogP contribution in [0.5, 0.6) is 0 Å². The van der Waals surface area contributed by atoms with Crippen molar-refractivity contribution in [3.8, 4) is 0 Å². The van der Waals surface area contributed by atoms with Crippen LogP contribution in [0.1, 0.15) is 44.0 Å². The molecule has 0 aromatic heterocycles. The molecule has 0 bridgehead atoms. The molecule has 3 atom stereocenters. The minimum Gasteiger partial charge on any atom is -0.353 e. The number of carbonyl (C=O) groups is 5. The average Bonchev–Trinajstić information content (AvgIpc) is 3.03. The SMILES string of the molecule is CNC(=O)C(=O)[C@H](C[C@@H]1C[C@@H](C)NC1=O)NC(=O)c1cc(Cl)ccc1NC(=O)C(C)C. The van der Waals surface area contributed by atoms with Crippen molar-refractivity contribution >= 4 is 46.7 Å². The second-order valence-corrected chi connectivity index (χ2v) is 8.32. The molecule has 4 N–H and O–H groups in total. The van der Waals surface area contributed by atoms with Gasteiger partial charge in [0.05, 0.1) is 17.3 Å². The first-order valence-corrected chi connectivity index (χ1v) is 10.4. The molecule has 2 rings (SSSR count). The molecule has 168 valence electrons. The van der Waals surface area contributed by atoms with Gasteiger partial charge in [0, 0.05) is 29.9 Å². The number of carbonyl (C=O) groups excluding carboxylic acids is 5. The Morgan fingerprint density at radius 1 is 1.23 bits per heavy atom. The van der Waals surface area contributed by atoms with Crippen LogP contribution in [0.4, 0.5) is 5.69 Å². The number of Topliss-reactive ketones (excluding diaryl/α,β-unsaturated/α-hetero) is 1. The molecule has 31 heavy (non-hydrogen) atoms. The topological polar surface area (TPSA) is 133 Å². The van der Waals surface area contributed by atoms with Gasteiger partial charge < -0.3 is 21.3 Å². The fraction of sp³-hybridized carbons (Fsp3) is 0.476. The molecule has 9 nitrogen and oxygen atoms in total. The minimum atomic E-state index is -1.22. The normalized spacial score (nSPS) is 18.8. The quantitative estimate of drug-likeness (QED) is 0.442. The van der Waals surface area contributed by atoms with Crippen LogP contribution in [0.25, 0.3) is 0 Å². The van der Waals surface area contributed by atoms with Crippen LogP contribution in [0.3, 0.4) is 0 Å². The zero-order valence-electron chi connectivity index (χ0n) is 17.9. The van der Waals surface area contributed by atoms with Crippen LogP contribution in [-0.2, 0) is 19.2 Å². The standard InChI is InChI=1S/C21H27ClN4O5/c1-10(2)18(28)25-15-6-5-13(22)9-14(15)20(30)26-16(17(27)21(31)23-4)8-12-7-11(3)24-19(12)29/h5-6,9-12,16H,7-8H2,1-4H3,(H,23,31)(H,24,29)(H,25,28)(H,26,30)/t11-,12+,16+/m1/s1. The summed E-state index contributed by atoms with van der Waals surface area (Å²) < 4.78 is 0. The number of hydrogen-bond donors (Lipinski definition) is 4. The Balaban J connectivity index is 2.29. The van der Waals surface area contributed by atoms with E-state index in [0.29, 0.717) is 6.42 Å². The highest BCUT2D eigenvalue weighted by molar-refractivity contribution is 6.38. The summed E-state index contributed by atoms with van der Waals surface area (Å²) in [4.78, 5) is 61.8. The number of likely N-dealkylation sites (N-methyl/N-ethyl adjacent to an activating group) is 1. The van der Waals surface area contributed by atoms with E-state index >= 15 is 0 Å². The Morgan fingerprint density at radius 2 is 1.90 bits per heavy atom. The molecule has 10 heteroatoms. The van der Waals surface area contributed by atoms with E-state index in [0.717, 1.165) is 0 Å². The molecule has 1 aromatic rings. The lowest BCUT2D eigenvalue weighted by atomic mass is 9.93. The molecule has 0 radical (unpaired) electrons. The molecule has 1 heterocycles. The fourth-order valence-electron chi connectivity index (χ4n) is 3.28. The van der Waals surface area contributed by atoms with Gasteiger partial charge in [-0.2, -0.15) is 0 Å². The van der Waals surface area contributed by atoms with Gasteiger partial charge in [0.2, 0.25) is 17.6 Å². The maximum absolute atomic E-state index is 13.0. The summed E-state index contributed by atoms with van der Waals surface area (Å²) in [6, 6.07) is 3.08. The molecular formula is C21H27ClN4O5. The smallest absolute Gasteiger partial charge is 0.289 e. The number of nitrogens with one attached hydrogen (secondary N) is 4. The van der Waals surface area contributed by atoms with Gasteiger partial charge in [0.25, 0.3) is 11.8 Å². The largest absolute Gasteiger partial charge is 0.353 e. The summed E-state index contributed by atoms with van der Waals surface area (Å²) in [5.74, 6) is -3.81. The number of ketones is 1. The third kappa shape index (κ3) is 6.27. The fourth-order valence-corrected chi connectivity index (χ4v) is 3.45. The lowest BCUT2D eigenvalue weighted by Gasteiger charge is -2.20. The maximum atomic E-state index is 13.0. The molecule has 1 aromatic carbocycles. The van der Waals surface area contributed by atoms with E-state index in [1.54, 1.807) is 13.8 Å². The van der Waals surface area contributed by atoms with Crippen molar-refractivity contribution in [1.29, 1.82) is 0 Å². The van der Waals surface area contributed by atoms with Gasteiger partial charge in [0.15, 0.2) is 0 Å². The van der Waals surface area contributed by atoms with Gasteiger partial charge in [-0.3, -0.25) is 24.0 Å². The number of benzene rings is 1. The van der Waals surface area contributed by atoms with E-state index in [-0.39, 0.29) is 46.5 Å². The van der Waals surface area contributed by atoms with Crippen LogP contribution in [-0.4, -0.2) is 48.5 Å². The predicted molar refractivity (Wildman–Crippen MR) is 116 cm³/mol.